The Morgan fingerprint density at radius 2 is 0.938 bits per heavy atom. The van der Waals surface area contributed by atoms with Gasteiger partial charge in [0.25, 0.3) is 22.7 Å². The van der Waals surface area contributed by atoms with E-state index in [4.69, 9.17) is 54.1 Å². The van der Waals surface area contributed by atoms with Crippen molar-refractivity contribution in [3.05, 3.63) is 345 Å². The van der Waals surface area contributed by atoms with Gasteiger partial charge in [0.2, 0.25) is 11.8 Å². The van der Waals surface area contributed by atoms with Crippen LogP contribution in [0.15, 0.2) is 250 Å². The van der Waals surface area contributed by atoms with E-state index in [1.165, 1.54) is 71.9 Å². The molecule has 7 heterocycles. The number of aliphatic hydroxyl groups excluding tert-OH is 1. The quantitative estimate of drug-likeness (QED) is 0.00810. The molecule has 0 radical (unpaired) electrons. The fourth-order valence-corrected chi connectivity index (χ4v) is 18.0. The van der Waals surface area contributed by atoms with Gasteiger partial charge in [-0.05, 0) is 131 Å². The number of carboxylic acids is 1. The lowest BCUT2D eigenvalue weighted by atomic mass is 10.0. The summed E-state index contributed by atoms with van der Waals surface area (Å²) in [6.07, 6.45) is 0.899. The van der Waals surface area contributed by atoms with E-state index in [1.807, 2.05) is 106 Å². The predicted molar refractivity (Wildman–Crippen MR) is 508 cm³/mol. The number of nitro benzene ring substituents is 4. The fourth-order valence-electron chi connectivity index (χ4n) is 11.5. The number of halogens is 1. The van der Waals surface area contributed by atoms with Gasteiger partial charge in [-0.1, -0.05) is 162 Å². The number of ether oxygens (including phenoxy) is 2. The number of aromatic nitrogens is 2. The van der Waals surface area contributed by atoms with E-state index in [2.05, 4.69) is 64.4 Å². The van der Waals surface area contributed by atoms with Crippen molar-refractivity contribution in [1.82, 2.24) is 36.6 Å². The summed E-state index contributed by atoms with van der Waals surface area (Å²) >= 11 is 19.1. The fraction of sp³-hybridized carbons (Fsp3) is 0.230. The number of nitrogens with zero attached hydrogens (tertiary/aromatic N) is 6. The summed E-state index contributed by atoms with van der Waals surface area (Å²) in [5, 5.41) is 90.3. The normalized spacial score (nSPS) is 13.1. The zero-order valence-corrected chi connectivity index (χ0v) is 77.0. The number of nitrogens with one attached hydrogen (secondary N) is 5. The molecule has 1 aliphatic rings. The van der Waals surface area contributed by atoms with Crippen molar-refractivity contribution in [3.63, 3.8) is 0 Å². The number of carboxylic acid groups (broad SMARTS) is 1. The summed E-state index contributed by atoms with van der Waals surface area (Å²) in [5.41, 5.74) is 24.9. The molecule has 670 valence electrons. The molecular formula is C87H89BrN14O18S8. The highest BCUT2D eigenvalue weighted by Gasteiger charge is 2.30. The van der Waals surface area contributed by atoms with E-state index in [-0.39, 0.29) is 70.6 Å². The lowest BCUT2D eigenvalue weighted by Gasteiger charge is -2.23. The molecular weight excluding hydrogens is 1870 g/mol. The lowest BCUT2D eigenvalue weighted by Crippen LogP contribution is -2.49. The number of hydrogen-bond donors (Lipinski definition) is 10. The number of aliphatic hydroxyl groups is 1. The van der Waals surface area contributed by atoms with Gasteiger partial charge in [-0.2, -0.15) is 0 Å². The minimum absolute atomic E-state index is 0.0109. The third kappa shape index (κ3) is 34.2. The van der Waals surface area contributed by atoms with Gasteiger partial charge in [-0.15, -0.1) is 79.8 Å². The van der Waals surface area contributed by atoms with E-state index >= 15 is 0 Å². The van der Waals surface area contributed by atoms with Gasteiger partial charge in [-0.25, -0.2) is 24.4 Å². The van der Waals surface area contributed by atoms with Crippen LogP contribution in [0, 0.1) is 40.5 Å². The van der Waals surface area contributed by atoms with Crippen molar-refractivity contribution < 1.29 is 68.1 Å². The Morgan fingerprint density at radius 3 is 1.35 bits per heavy atom. The Morgan fingerprint density at radius 1 is 0.516 bits per heavy atom. The number of methoxy groups -OCH3 is 1. The van der Waals surface area contributed by atoms with Crippen LogP contribution in [0.4, 0.5) is 32.3 Å². The van der Waals surface area contributed by atoms with E-state index in [0.29, 0.717) is 35.5 Å². The van der Waals surface area contributed by atoms with E-state index in [9.17, 15) is 69.2 Å². The zero-order chi connectivity index (χ0) is 92.8. The van der Waals surface area contributed by atoms with Crippen molar-refractivity contribution in [1.29, 1.82) is 0 Å². The number of non-ortho nitro benzene ring substituents is 4. The number of thiocarbonyl (C=S) groups is 1. The average Bonchev–Trinajstić information content (AvgIpc) is 1.69. The van der Waals surface area contributed by atoms with Crippen LogP contribution in [-0.2, 0) is 67.2 Å². The second-order valence-corrected chi connectivity index (χ2v) is 36.0. The van der Waals surface area contributed by atoms with Gasteiger partial charge < -0.3 is 63.5 Å². The van der Waals surface area contributed by atoms with E-state index in [0.717, 1.165) is 63.9 Å². The maximum atomic E-state index is 13.5. The molecule has 12 aromatic rings. The predicted octanol–water partition coefficient (Wildman–Crippen LogP) is 16.7. The molecule has 0 bridgehead atoms. The first kappa shape index (κ1) is 101. The van der Waals surface area contributed by atoms with Crippen LogP contribution >= 0.6 is 108 Å². The smallest absolute Gasteiger partial charge is 0.408 e. The van der Waals surface area contributed by atoms with Crippen LogP contribution in [0.1, 0.15) is 92.8 Å². The first-order valence-corrected chi connectivity index (χ1v) is 46.4. The molecule has 0 spiro atoms. The topological polar surface area (TPSA) is 498 Å². The summed E-state index contributed by atoms with van der Waals surface area (Å²) < 4.78 is 9.88. The van der Waals surface area contributed by atoms with Crippen LogP contribution in [0.2, 0.25) is 0 Å². The summed E-state index contributed by atoms with van der Waals surface area (Å²) in [6.45, 7) is 4.47. The largest absolute Gasteiger partial charge is 0.480 e. The van der Waals surface area contributed by atoms with Crippen molar-refractivity contribution in [3.8, 4) is 19.8 Å². The minimum atomic E-state index is -1.12. The minimum Gasteiger partial charge on any atom is -0.480 e. The number of thiophene rings is 4. The first-order chi connectivity index (χ1) is 61.2. The van der Waals surface area contributed by atoms with Gasteiger partial charge in [-0.3, -0.25) is 54.8 Å². The molecule has 0 fully saturated rings. The van der Waals surface area contributed by atoms with Crippen molar-refractivity contribution in [2.75, 3.05) is 19.0 Å². The van der Waals surface area contributed by atoms with Crippen LogP contribution in [-0.4, -0.2) is 129 Å². The Labute approximate surface area is 777 Å². The third-order valence-electron chi connectivity index (χ3n) is 17.9. The number of aliphatic carboxylic acids is 1. The lowest BCUT2D eigenvalue weighted by molar-refractivity contribution is -0.385. The number of nitrogens with two attached hydrogens (primary N) is 3. The number of alkyl carbamates (subject to hydrolysis) is 2. The van der Waals surface area contributed by atoms with Crippen LogP contribution in [0.3, 0.4) is 0 Å². The highest BCUT2D eigenvalue weighted by atomic mass is 79.9. The average molecular weight is 1960 g/mol. The number of carbonyl (C=O) groups is 6. The maximum absolute atomic E-state index is 13.5. The zero-order valence-electron chi connectivity index (χ0n) is 68.9. The van der Waals surface area contributed by atoms with Gasteiger partial charge in [0.05, 0.1) is 76.3 Å². The van der Waals surface area contributed by atoms with Gasteiger partial charge in [0.15, 0.2) is 5.78 Å². The van der Waals surface area contributed by atoms with Crippen LogP contribution in [0.25, 0.3) is 19.8 Å². The standard InChI is InChI=1S/C26H24N4O5S2.C15H19BrN2O5.C15H15N3O2S2.C15H13N3O2S2.C11H13NO4.C5H5NS2/c1-35-26(32)29-21(15-17-6-3-2-4-7-17)24(31)27-20(14-18-9-11-19(12-10-18)30(33)34)22-16-37-25(28-22)23-8-5-13-36-23;1-15(2,3)23-14(20)17-12(13(19)9-16)8-10-4-6-11(7-5-10)18(21)22;2*16-12(8-10-3-5-11(6-4-10)18(19)20)13-9-22-15(17-13)14-2-1-7-21-14;13-7-10(14)12-9(11(15)16)6-8-4-2-1-3-5-8;6-5(7)4-2-1-3-8-4/h2-13,16,20-21H,14-15H2,1H3,(H,27,31)(H,29,32);4-7,12H,8-9H2,1-3H3,(H,17,20);1-7,9,12,15,17H,8,16H2;1-7,9,12H,8,16H2;1-5,9,13H,6-7H2,(H,12,14)(H,15,16);1-3H,(H2,6,7)/t20-,21-;12-;12-,15?;12-;9-;/m00000./s1. The number of thiazole rings is 2. The Kier molecular flexibility index (Phi) is 40.7. The monoisotopic (exact) mass is 1950 g/mol. The number of rotatable bonds is 32. The number of nitro groups is 4. The molecule has 1 unspecified atom stereocenters. The Balaban J connectivity index is 0.000000198. The third-order valence-corrected chi connectivity index (χ3v) is 25.6. The summed E-state index contributed by atoms with van der Waals surface area (Å²) in [4.78, 5) is 127. The van der Waals surface area contributed by atoms with Crippen LogP contribution in [0.5, 0.6) is 0 Å². The van der Waals surface area contributed by atoms with Gasteiger partial charge >= 0.3 is 18.2 Å². The number of ketones is 1. The maximum Gasteiger partial charge on any atom is 0.408 e. The second-order valence-electron chi connectivity index (χ2n) is 28.5. The molecule has 13 N–H and O–H groups in total. The van der Waals surface area contributed by atoms with Gasteiger partial charge in [0, 0.05) is 88.7 Å². The first-order valence-electron chi connectivity index (χ1n) is 38.6. The number of carbonyl (C=O) groups excluding carboxylic acids is 5. The molecule has 6 aromatic carbocycles. The molecule has 0 aliphatic carbocycles. The van der Waals surface area contributed by atoms with E-state index in [1.54, 1.807) is 162 Å². The summed E-state index contributed by atoms with van der Waals surface area (Å²) in [6, 6.07) is 55.8. The molecule has 0 saturated heterocycles. The number of thioether (sulfide) groups is 1. The molecule has 6 aromatic heterocycles. The highest BCUT2D eigenvalue weighted by Crippen LogP contribution is 2.38. The number of hydrogen-bond acceptors (Lipinski definition) is 30. The molecule has 32 nitrogen and oxygen atoms in total. The number of amides is 4. The summed E-state index contributed by atoms with van der Waals surface area (Å²) in [5.74, 6) is -2.42. The Bertz CT molecular complexity index is 5600. The van der Waals surface area contributed by atoms with Crippen molar-refractivity contribution >= 4 is 171 Å². The van der Waals surface area contributed by atoms with Crippen molar-refractivity contribution in [2.24, 2.45) is 17.2 Å². The second kappa shape index (κ2) is 51.5. The molecule has 0 saturated carbocycles. The summed E-state index contributed by atoms with van der Waals surface area (Å²) in [7, 11) is 1.24. The number of alkyl halides is 1. The van der Waals surface area contributed by atoms with Crippen molar-refractivity contribution in [2.45, 2.75) is 107 Å². The van der Waals surface area contributed by atoms with E-state index < -0.39 is 86.0 Å². The molecule has 1 aliphatic heterocycles. The SMILES string of the molecule is CC(C)(C)OC(=O)N[C@@H](Cc1ccc([N+](=O)[O-])cc1)C(=O)CBr.COC(=O)N[C@@H](Cc1ccccc1)C(=O)N[C@@H](Cc1ccc([N+](=O)[O-])cc1)c1csc(-c2cccs2)n1.NC(=S)c1cccs1.N[C@@H](Cc1ccc([N+](=O)[O-])cc1)C1=CSC(c2cccs2)N1.N[C@@H](Cc1ccc([N+](=O)[O-])cc1)c1csc(-c2cccs2)n1.O=C(CO)N[C@@H](Cc1ccccc1)C(=O)O. The number of benzene rings is 6. The number of Topliss-reactive ketones (excluding diaryl/α,β-unsaturated/α-hetero) is 1. The molecule has 7 atom stereocenters. The Hall–Kier alpha value is -12.3. The molecule has 41 heteroatoms. The molecule has 4 amide bonds. The van der Waals surface area contributed by atoms with Gasteiger partial charge in [0.1, 0.15) is 44.7 Å². The molecule has 13 rings (SSSR count). The van der Waals surface area contributed by atoms with Crippen LogP contribution < -0.4 is 43.8 Å². The molecule has 128 heavy (non-hydrogen) atoms. The highest BCUT2D eigenvalue weighted by molar-refractivity contribution is 9.09.